The van der Waals surface area contributed by atoms with Gasteiger partial charge in [-0.3, -0.25) is 0 Å². The van der Waals surface area contributed by atoms with Crippen LogP contribution in [0.25, 0.3) is 142 Å². The maximum Gasteiger partial charge on any atom is 0.128 e. The van der Waals surface area contributed by atoms with Crippen LogP contribution in [0.1, 0.15) is 18.1 Å². The first kappa shape index (κ1) is 53.2. The van der Waals surface area contributed by atoms with Gasteiger partial charge in [0.15, 0.2) is 0 Å². The molecule has 0 bridgehead atoms. The van der Waals surface area contributed by atoms with E-state index in [9.17, 15) is 0 Å². The van der Waals surface area contributed by atoms with E-state index in [1.165, 1.54) is 64.2 Å². The van der Waals surface area contributed by atoms with E-state index in [1.54, 1.807) is 0 Å². The third-order valence-corrected chi connectivity index (χ3v) is 18.5. The second-order valence-corrected chi connectivity index (χ2v) is 24.0. The maximum absolute atomic E-state index is 6.87. The molecular weight excluding hydrogens is 1100 g/mol. The molecule has 16 aromatic rings. The van der Waals surface area contributed by atoms with Crippen LogP contribution in [-0.2, 0) is 0 Å². The van der Waals surface area contributed by atoms with Gasteiger partial charge in [0, 0.05) is 53.1 Å². The van der Waals surface area contributed by atoms with Crippen molar-refractivity contribution < 1.29 is 4.74 Å². The lowest BCUT2D eigenvalue weighted by atomic mass is 9.94. The van der Waals surface area contributed by atoms with Crippen molar-refractivity contribution in [1.29, 1.82) is 0 Å². The number of ether oxygens (including phenoxy) is 1. The number of thiophene rings is 1. The minimum absolute atomic E-state index is 0.768. The van der Waals surface area contributed by atoms with Gasteiger partial charge in [-0.1, -0.05) is 195 Å². The van der Waals surface area contributed by atoms with Gasteiger partial charge in [-0.2, -0.15) is 0 Å². The highest BCUT2D eigenvalue weighted by Gasteiger charge is 2.19. The molecule has 0 saturated carbocycles. The predicted octanol–water partition coefficient (Wildman–Crippen LogP) is 24.0. The molecular formula is C85H58N2OS. The summed E-state index contributed by atoms with van der Waals surface area (Å²) in [6.07, 6.45) is 6.45. The second kappa shape index (κ2) is 22.5. The fourth-order valence-corrected chi connectivity index (χ4v) is 14.2. The number of hydrogen-bond donors (Lipinski definition) is 0. The van der Waals surface area contributed by atoms with Crippen molar-refractivity contribution in [1.82, 2.24) is 9.13 Å². The van der Waals surface area contributed by atoms with Crippen LogP contribution in [0.2, 0.25) is 0 Å². The van der Waals surface area contributed by atoms with Crippen molar-refractivity contribution in [2.45, 2.75) is 6.92 Å². The van der Waals surface area contributed by atoms with E-state index in [4.69, 9.17) is 4.74 Å². The quantitative estimate of drug-likeness (QED) is 0.105. The lowest BCUT2D eigenvalue weighted by Crippen LogP contribution is -1.93. The molecule has 3 nitrogen and oxygen atoms in total. The topological polar surface area (TPSA) is 19.1 Å². The predicted molar refractivity (Wildman–Crippen MR) is 380 cm³/mol. The van der Waals surface area contributed by atoms with E-state index in [1.807, 2.05) is 17.4 Å². The summed E-state index contributed by atoms with van der Waals surface area (Å²) >= 11 is 1.86. The zero-order valence-corrected chi connectivity index (χ0v) is 49.8. The molecule has 3 aromatic heterocycles. The third kappa shape index (κ3) is 9.92. The van der Waals surface area contributed by atoms with Crippen LogP contribution < -0.4 is 4.74 Å². The molecule has 16 rings (SSSR count). The Balaban J connectivity index is 0.729. The molecule has 4 heteroatoms. The second-order valence-electron chi connectivity index (χ2n) is 22.9. The zero-order valence-electron chi connectivity index (χ0n) is 49.0. The normalized spacial score (nSPS) is 11.9. The number of benzene rings is 13. The summed E-state index contributed by atoms with van der Waals surface area (Å²) in [5.41, 5.74) is 22.6. The minimum Gasteiger partial charge on any atom is -0.457 e. The van der Waals surface area contributed by atoms with E-state index in [0.29, 0.717) is 0 Å². The van der Waals surface area contributed by atoms with Crippen LogP contribution >= 0.6 is 11.3 Å². The van der Waals surface area contributed by atoms with Crippen LogP contribution in [0.5, 0.6) is 11.5 Å². The molecule has 420 valence electrons. The first-order chi connectivity index (χ1) is 43.9. The molecule has 0 atom stereocenters. The molecule has 13 aromatic carbocycles. The van der Waals surface area contributed by atoms with Crippen LogP contribution in [0, 0.1) is 0 Å². The largest absolute Gasteiger partial charge is 0.457 e. The molecule has 0 amide bonds. The number of para-hydroxylation sites is 2. The molecule has 89 heavy (non-hydrogen) atoms. The Morgan fingerprint density at radius 1 is 0.326 bits per heavy atom. The fourth-order valence-electron chi connectivity index (χ4n) is 13.1. The highest BCUT2D eigenvalue weighted by molar-refractivity contribution is 7.25. The monoisotopic (exact) mass is 1150 g/mol. The average Bonchev–Trinajstić information content (AvgIpc) is 1.89. The van der Waals surface area contributed by atoms with Gasteiger partial charge in [-0.05, 0) is 218 Å². The summed E-state index contributed by atoms with van der Waals surface area (Å²) < 4.78 is 14.3. The van der Waals surface area contributed by atoms with Gasteiger partial charge in [0.2, 0.25) is 0 Å². The van der Waals surface area contributed by atoms with E-state index in [0.717, 1.165) is 100 Å². The van der Waals surface area contributed by atoms with Crippen molar-refractivity contribution in [3.05, 3.63) is 339 Å². The third-order valence-electron chi connectivity index (χ3n) is 17.4. The Labute approximate surface area is 521 Å². The Bertz CT molecular complexity index is 5490. The Kier molecular flexibility index (Phi) is 13.5. The van der Waals surface area contributed by atoms with Gasteiger partial charge in [-0.25, -0.2) is 0 Å². The van der Waals surface area contributed by atoms with Gasteiger partial charge in [0.05, 0.1) is 22.1 Å². The number of allylic oxidation sites excluding steroid dienone is 5. The first-order valence-electron chi connectivity index (χ1n) is 30.3. The van der Waals surface area contributed by atoms with Crippen molar-refractivity contribution in [3.63, 3.8) is 0 Å². The molecule has 0 spiro atoms. The molecule has 0 saturated heterocycles. The number of nitrogens with zero attached hydrogens (tertiary/aromatic N) is 2. The van der Waals surface area contributed by atoms with Gasteiger partial charge >= 0.3 is 0 Å². The Hall–Kier alpha value is -11.3. The van der Waals surface area contributed by atoms with Crippen molar-refractivity contribution in [2.75, 3.05) is 0 Å². The molecule has 3 heterocycles. The smallest absolute Gasteiger partial charge is 0.128 e. The van der Waals surface area contributed by atoms with Crippen LogP contribution in [0.3, 0.4) is 0 Å². The fraction of sp³-hybridized carbons (Fsp3) is 0.0118. The molecule has 0 radical (unpaired) electrons. The Morgan fingerprint density at radius 2 is 0.742 bits per heavy atom. The van der Waals surface area contributed by atoms with E-state index >= 15 is 0 Å². The van der Waals surface area contributed by atoms with E-state index in [2.05, 4.69) is 338 Å². The molecule has 0 N–H and O–H groups in total. The Morgan fingerprint density at radius 3 is 1.35 bits per heavy atom. The molecule has 0 aliphatic rings. The molecule has 0 aliphatic heterocycles. The summed E-state index contributed by atoms with van der Waals surface area (Å²) in [6.45, 7) is 6.60. The summed E-state index contributed by atoms with van der Waals surface area (Å²) in [7, 11) is 0. The van der Waals surface area contributed by atoms with Crippen LogP contribution in [-0.4, -0.2) is 9.13 Å². The highest BCUT2D eigenvalue weighted by atomic mass is 32.1. The van der Waals surface area contributed by atoms with Gasteiger partial charge in [0.1, 0.15) is 11.5 Å². The summed E-state index contributed by atoms with van der Waals surface area (Å²) in [5, 5.41) is 7.31. The summed E-state index contributed by atoms with van der Waals surface area (Å²) in [4.78, 5) is 0. The van der Waals surface area contributed by atoms with Crippen molar-refractivity contribution in [2.24, 2.45) is 0 Å². The van der Waals surface area contributed by atoms with E-state index in [-0.39, 0.29) is 0 Å². The van der Waals surface area contributed by atoms with Gasteiger partial charge in [-0.15, -0.1) is 11.3 Å². The maximum atomic E-state index is 6.87. The first-order valence-corrected chi connectivity index (χ1v) is 31.1. The molecule has 0 aliphatic carbocycles. The summed E-state index contributed by atoms with van der Waals surface area (Å²) in [6, 6.07) is 110. The van der Waals surface area contributed by atoms with Crippen LogP contribution in [0.4, 0.5) is 0 Å². The van der Waals surface area contributed by atoms with Gasteiger partial charge < -0.3 is 13.9 Å². The summed E-state index contributed by atoms with van der Waals surface area (Å²) in [5.74, 6) is 1.54. The highest BCUT2D eigenvalue weighted by Crippen LogP contribution is 2.43. The van der Waals surface area contributed by atoms with Crippen molar-refractivity contribution >= 4 is 86.3 Å². The van der Waals surface area contributed by atoms with Crippen molar-refractivity contribution in [3.8, 4) is 78.5 Å². The average molecular weight is 1160 g/mol. The molecule has 0 fully saturated rings. The minimum atomic E-state index is 0.768. The number of aromatic nitrogens is 2. The zero-order chi connectivity index (χ0) is 59.4. The lowest BCUT2D eigenvalue weighted by molar-refractivity contribution is 0.483. The number of rotatable bonds is 13. The number of hydrogen-bond acceptors (Lipinski definition) is 2. The van der Waals surface area contributed by atoms with Crippen LogP contribution in [0.15, 0.2) is 328 Å². The number of fused-ring (bicyclic) bond motifs is 9. The lowest BCUT2D eigenvalue weighted by Gasteiger charge is -2.12. The van der Waals surface area contributed by atoms with Gasteiger partial charge in [0.25, 0.3) is 0 Å². The molecule has 0 unspecified atom stereocenters. The van der Waals surface area contributed by atoms with E-state index < -0.39 is 0 Å². The standard InChI is InChI=1S/C85H58N2OS/c1-3-19-59(46-56(2)58-22-15-23-60(47-58)57-20-7-4-8-21-57)61-24-16-25-62(48-61)63-26-17-27-64(49-63)65-28-18-33-72(50-65)88-73-40-44-83-78(55-73)77-53-67(37-43-82(77)87(83)71-31-11-6-12-32-71)66-36-41-80-75(51-66)76-52-68(38-42-81(76)86(80)70-29-9-5-10-30-70)69-39-45-85-79(54-69)74-34-13-14-35-84(74)89-85/h3-55H,2H2,1H3/b19-3-,59-46+. The SMILES string of the molecule is C=C(/C=C(\C=C/C)c1cccc(-c2cccc(-c3cccc(Oc4ccc5c(c4)c4cc(-c6ccc7c(c6)c6cc(-c8ccc9sc%10ccccc%10c9c8)ccc6n7-c6ccccc6)ccc4n5-c4ccccc4)c3)c2)c1)c1cccc(-c2ccccc2)c1.